The molecule has 2 aromatic carbocycles. The second-order valence-electron chi connectivity index (χ2n) is 6.97. The topological polar surface area (TPSA) is 38.3 Å². The van der Waals surface area contributed by atoms with Crippen LogP contribution in [0.3, 0.4) is 0 Å². The van der Waals surface area contributed by atoms with Crippen molar-refractivity contribution in [3.63, 3.8) is 0 Å². The first-order valence-electron chi connectivity index (χ1n) is 8.59. The average molecular weight is 360 g/mol. The molecule has 0 atom stereocenters. The minimum absolute atomic E-state index is 0.138. The van der Waals surface area contributed by atoms with Crippen molar-refractivity contribution < 1.29 is 9.53 Å². The molecule has 0 spiro atoms. The molecule has 2 rings (SSSR count). The molecule has 4 heteroatoms. The van der Waals surface area contributed by atoms with Crippen LogP contribution in [0.4, 0.5) is 0 Å². The maximum atomic E-state index is 12.4. The van der Waals surface area contributed by atoms with Gasteiger partial charge in [0.05, 0.1) is 0 Å². The van der Waals surface area contributed by atoms with Gasteiger partial charge in [-0.2, -0.15) is 0 Å². The Morgan fingerprint density at radius 2 is 1.68 bits per heavy atom. The van der Waals surface area contributed by atoms with Gasteiger partial charge in [0.25, 0.3) is 5.91 Å². The maximum absolute atomic E-state index is 12.4. The summed E-state index contributed by atoms with van der Waals surface area (Å²) in [5.41, 5.74) is 1.58. The molecule has 0 saturated heterocycles. The number of hydrogen-bond donors (Lipinski definition) is 1. The van der Waals surface area contributed by atoms with E-state index in [4.69, 9.17) is 16.3 Å². The zero-order valence-corrected chi connectivity index (χ0v) is 16.1. The molecule has 25 heavy (non-hydrogen) atoms. The first kappa shape index (κ1) is 19.3. The highest BCUT2D eigenvalue weighted by Crippen LogP contribution is 2.21. The Labute approximate surface area is 155 Å². The van der Waals surface area contributed by atoms with Gasteiger partial charge in [0.1, 0.15) is 5.75 Å². The SMILES string of the molecule is CC(C)c1ccc(CCNC(=O)C(C)(C)Oc2ccc(Cl)cc2)cc1. The van der Waals surface area contributed by atoms with Crippen molar-refractivity contribution in [2.45, 2.75) is 45.6 Å². The lowest BCUT2D eigenvalue weighted by Crippen LogP contribution is -2.47. The number of hydrogen-bond acceptors (Lipinski definition) is 2. The molecule has 2 aromatic rings. The molecule has 0 fully saturated rings. The number of carbonyl (C=O) groups excluding carboxylic acids is 1. The van der Waals surface area contributed by atoms with E-state index in [-0.39, 0.29) is 5.91 Å². The highest BCUT2D eigenvalue weighted by atomic mass is 35.5. The molecule has 0 aromatic heterocycles. The van der Waals surface area contributed by atoms with Gasteiger partial charge >= 0.3 is 0 Å². The molecular formula is C21H26ClNO2. The Morgan fingerprint density at radius 1 is 1.08 bits per heavy atom. The summed E-state index contributed by atoms with van der Waals surface area (Å²) >= 11 is 5.86. The van der Waals surface area contributed by atoms with Crippen LogP contribution in [0.25, 0.3) is 0 Å². The van der Waals surface area contributed by atoms with Crippen LogP contribution in [0.1, 0.15) is 44.7 Å². The lowest BCUT2D eigenvalue weighted by Gasteiger charge is -2.25. The second kappa shape index (κ2) is 8.39. The molecule has 3 nitrogen and oxygen atoms in total. The van der Waals surface area contributed by atoms with E-state index < -0.39 is 5.60 Å². The maximum Gasteiger partial charge on any atom is 0.263 e. The fourth-order valence-corrected chi connectivity index (χ4v) is 2.57. The summed E-state index contributed by atoms with van der Waals surface area (Å²) in [6.07, 6.45) is 0.793. The van der Waals surface area contributed by atoms with Gasteiger partial charge in [-0.3, -0.25) is 4.79 Å². The van der Waals surface area contributed by atoms with Gasteiger partial charge in [-0.1, -0.05) is 49.7 Å². The smallest absolute Gasteiger partial charge is 0.263 e. The summed E-state index contributed by atoms with van der Waals surface area (Å²) in [5.74, 6) is 1.01. The van der Waals surface area contributed by atoms with Crippen molar-refractivity contribution in [1.82, 2.24) is 5.32 Å². The normalized spacial score (nSPS) is 11.4. The Hall–Kier alpha value is -2.00. The van der Waals surface area contributed by atoms with Gasteiger partial charge in [-0.05, 0) is 61.6 Å². The van der Waals surface area contributed by atoms with Crippen molar-refractivity contribution in [2.75, 3.05) is 6.54 Å². The predicted octanol–water partition coefficient (Wildman–Crippen LogP) is 4.98. The van der Waals surface area contributed by atoms with E-state index in [1.807, 2.05) is 0 Å². The second-order valence-corrected chi connectivity index (χ2v) is 7.40. The van der Waals surface area contributed by atoms with Crippen molar-refractivity contribution in [3.05, 3.63) is 64.7 Å². The van der Waals surface area contributed by atoms with Gasteiger partial charge in [0.15, 0.2) is 5.60 Å². The van der Waals surface area contributed by atoms with Crippen molar-refractivity contribution in [1.29, 1.82) is 0 Å². The van der Waals surface area contributed by atoms with Crippen LogP contribution >= 0.6 is 11.6 Å². The average Bonchev–Trinajstić information content (AvgIpc) is 2.57. The molecule has 0 heterocycles. The number of rotatable bonds is 7. The van der Waals surface area contributed by atoms with E-state index in [1.54, 1.807) is 38.1 Å². The third kappa shape index (κ3) is 5.79. The molecule has 1 N–H and O–H groups in total. The largest absolute Gasteiger partial charge is 0.478 e. The minimum Gasteiger partial charge on any atom is -0.478 e. The molecular weight excluding hydrogens is 334 g/mol. The van der Waals surface area contributed by atoms with Gasteiger partial charge in [0, 0.05) is 11.6 Å². The van der Waals surface area contributed by atoms with Gasteiger partial charge in [-0.25, -0.2) is 0 Å². The van der Waals surface area contributed by atoms with Crippen LogP contribution in [0.5, 0.6) is 5.75 Å². The Kier molecular flexibility index (Phi) is 6.49. The minimum atomic E-state index is -0.949. The van der Waals surface area contributed by atoms with Gasteiger partial charge < -0.3 is 10.1 Å². The third-order valence-corrected chi connectivity index (χ3v) is 4.33. The molecule has 0 radical (unpaired) electrons. The first-order chi connectivity index (χ1) is 11.8. The van der Waals surface area contributed by atoms with Crippen molar-refractivity contribution in [2.24, 2.45) is 0 Å². The van der Waals surface area contributed by atoms with E-state index in [0.29, 0.717) is 23.2 Å². The van der Waals surface area contributed by atoms with Crippen LogP contribution in [0, 0.1) is 0 Å². The molecule has 0 aliphatic rings. The molecule has 0 saturated carbocycles. The Balaban J connectivity index is 1.84. The first-order valence-corrected chi connectivity index (χ1v) is 8.97. The molecule has 0 bridgehead atoms. The summed E-state index contributed by atoms with van der Waals surface area (Å²) in [6.45, 7) is 8.45. The van der Waals surface area contributed by atoms with E-state index in [2.05, 4.69) is 43.4 Å². The fourth-order valence-electron chi connectivity index (χ4n) is 2.45. The number of ether oxygens (including phenoxy) is 1. The Bertz CT molecular complexity index is 691. The summed E-state index contributed by atoms with van der Waals surface area (Å²) in [5, 5.41) is 3.59. The number of carbonyl (C=O) groups is 1. The van der Waals surface area contributed by atoms with Crippen LogP contribution in [-0.2, 0) is 11.2 Å². The zero-order chi connectivity index (χ0) is 18.4. The quantitative estimate of drug-likeness (QED) is 0.757. The summed E-state index contributed by atoms with van der Waals surface area (Å²) in [4.78, 5) is 12.4. The van der Waals surface area contributed by atoms with Crippen LogP contribution in [-0.4, -0.2) is 18.1 Å². The monoisotopic (exact) mass is 359 g/mol. The lowest BCUT2D eigenvalue weighted by molar-refractivity contribution is -0.134. The molecule has 1 amide bonds. The number of benzene rings is 2. The lowest BCUT2D eigenvalue weighted by atomic mass is 10.0. The van der Waals surface area contributed by atoms with Gasteiger partial charge in [0.2, 0.25) is 0 Å². The van der Waals surface area contributed by atoms with Crippen LogP contribution in [0.15, 0.2) is 48.5 Å². The van der Waals surface area contributed by atoms with Gasteiger partial charge in [-0.15, -0.1) is 0 Å². The number of halogens is 1. The highest BCUT2D eigenvalue weighted by molar-refractivity contribution is 6.30. The molecule has 0 aliphatic carbocycles. The van der Waals surface area contributed by atoms with Crippen LogP contribution < -0.4 is 10.1 Å². The van der Waals surface area contributed by atoms with E-state index in [0.717, 1.165) is 6.42 Å². The van der Waals surface area contributed by atoms with E-state index >= 15 is 0 Å². The highest BCUT2D eigenvalue weighted by Gasteiger charge is 2.29. The van der Waals surface area contributed by atoms with Crippen LogP contribution in [0.2, 0.25) is 5.02 Å². The molecule has 0 aliphatic heterocycles. The summed E-state index contributed by atoms with van der Waals surface area (Å²) < 4.78 is 5.79. The van der Waals surface area contributed by atoms with E-state index in [9.17, 15) is 4.79 Å². The van der Waals surface area contributed by atoms with E-state index in [1.165, 1.54) is 11.1 Å². The van der Waals surface area contributed by atoms with Crippen molar-refractivity contribution >= 4 is 17.5 Å². The fraction of sp³-hybridized carbons (Fsp3) is 0.381. The van der Waals surface area contributed by atoms with Crippen molar-refractivity contribution in [3.8, 4) is 5.75 Å². The molecule has 134 valence electrons. The molecule has 0 unspecified atom stereocenters. The Morgan fingerprint density at radius 3 is 2.24 bits per heavy atom. The zero-order valence-electron chi connectivity index (χ0n) is 15.3. The third-order valence-electron chi connectivity index (χ3n) is 4.08. The predicted molar refractivity (Wildman–Crippen MR) is 103 cm³/mol. The number of nitrogens with one attached hydrogen (secondary N) is 1. The summed E-state index contributed by atoms with van der Waals surface area (Å²) in [6, 6.07) is 15.5. The standard InChI is InChI=1S/C21H26ClNO2/c1-15(2)17-7-5-16(6-8-17)13-14-23-20(24)21(3,4)25-19-11-9-18(22)10-12-19/h5-12,15H,13-14H2,1-4H3,(H,23,24). The summed E-state index contributed by atoms with van der Waals surface area (Å²) in [7, 11) is 0. The number of amides is 1.